The van der Waals surface area contributed by atoms with E-state index >= 15 is 0 Å². The third-order valence-electron chi connectivity index (χ3n) is 0. The van der Waals surface area contributed by atoms with Gasteiger partial charge in [0.05, 0.1) is 0 Å². The zero-order chi connectivity index (χ0) is 7.58. The zero-order valence-corrected chi connectivity index (χ0v) is 8.88. The minimum atomic E-state index is -0.167. The Labute approximate surface area is 75.8 Å². The molecule has 0 bridgehead atoms. The maximum absolute atomic E-state index is 8.06. The van der Waals surface area contributed by atoms with E-state index in [4.69, 9.17) is 15.3 Å². The summed E-state index contributed by atoms with van der Waals surface area (Å²) >= 11 is 0. The summed E-state index contributed by atoms with van der Waals surface area (Å²) in [5.74, 6) is 0. The molecule has 0 aromatic carbocycles. The Hall–Kier alpha value is 0.763. The first-order chi connectivity index (χ1) is 3.73. The Bertz CT molecular complexity index is 16.9. The first kappa shape index (κ1) is 22.6. The maximum atomic E-state index is 8.06. The van der Waals surface area contributed by atoms with Crippen LogP contribution in [0.15, 0.2) is 0 Å². The fourth-order valence-electron chi connectivity index (χ4n) is 0. The van der Waals surface area contributed by atoms with Gasteiger partial charge in [0.25, 0.3) is 0 Å². The Kier molecular flexibility index (Phi) is 93.5. The van der Waals surface area contributed by atoms with E-state index in [0.717, 1.165) is 14.2 Å². The molecule has 0 aromatic rings. The summed E-state index contributed by atoms with van der Waals surface area (Å²) in [6.07, 6.45) is -0.167. The molecule has 3 nitrogen and oxygen atoms in total. The number of hydrogen-bond donors (Lipinski definition) is 3. The van der Waals surface area contributed by atoms with Crippen molar-refractivity contribution in [3.05, 3.63) is 0 Å². The molecule has 0 radical (unpaired) electrons. The van der Waals surface area contributed by atoms with E-state index in [9.17, 15) is 0 Å². The quantitative estimate of drug-likeness (QED) is 0.515. The van der Waals surface area contributed by atoms with Crippen molar-refractivity contribution in [3.63, 3.8) is 0 Å². The standard InChI is InChI=1S/C3H8O.2CH4O.Zr/c1-3(2)4;2*1-2;/h3-4H,1-2H3;2*2H,1H3;. The summed E-state index contributed by atoms with van der Waals surface area (Å²) in [5, 5.41) is 22.1. The Balaban J connectivity index is -0.0000000221. The van der Waals surface area contributed by atoms with Gasteiger partial charge in [0.15, 0.2) is 0 Å². The van der Waals surface area contributed by atoms with Crippen molar-refractivity contribution in [1.29, 1.82) is 0 Å². The Morgan fingerprint density at radius 2 is 0.889 bits per heavy atom. The monoisotopic (exact) mass is 214 g/mol. The van der Waals surface area contributed by atoms with Gasteiger partial charge in [-0.25, -0.2) is 0 Å². The number of aliphatic hydroxyl groups excluding tert-OH is 3. The molecule has 0 unspecified atom stereocenters. The van der Waals surface area contributed by atoms with Crippen LogP contribution >= 0.6 is 0 Å². The molecule has 0 aromatic heterocycles. The van der Waals surface area contributed by atoms with Gasteiger partial charge < -0.3 is 15.3 Å². The second kappa shape index (κ2) is 37.3. The van der Waals surface area contributed by atoms with Crippen molar-refractivity contribution in [3.8, 4) is 0 Å². The van der Waals surface area contributed by atoms with E-state index in [1.165, 1.54) is 0 Å². The average molecular weight is 215 g/mol. The first-order valence-electron chi connectivity index (χ1n) is 2.31. The molecule has 0 atom stereocenters. The van der Waals surface area contributed by atoms with Gasteiger partial charge in [0.1, 0.15) is 0 Å². The minimum Gasteiger partial charge on any atom is -0.400 e. The molecule has 0 saturated carbocycles. The summed E-state index contributed by atoms with van der Waals surface area (Å²) in [6, 6.07) is 0. The van der Waals surface area contributed by atoms with Crippen LogP contribution in [0.4, 0.5) is 0 Å². The largest absolute Gasteiger partial charge is 0.400 e. The van der Waals surface area contributed by atoms with E-state index in [2.05, 4.69) is 0 Å². The molecule has 0 aliphatic carbocycles. The molecule has 0 rings (SSSR count). The summed E-state index contributed by atoms with van der Waals surface area (Å²) in [5.41, 5.74) is 0. The van der Waals surface area contributed by atoms with Crippen molar-refractivity contribution < 1.29 is 41.5 Å². The van der Waals surface area contributed by atoms with Crippen LogP contribution in [-0.2, 0) is 26.2 Å². The van der Waals surface area contributed by atoms with E-state index in [-0.39, 0.29) is 32.3 Å². The van der Waals surface area contributed by atoms with E-state index in [1.807, 2.05) is 0 Å². The minimum absolute atomic E-state index is 0. The van der Waals surface area contributed by atoms with Crippen molar-refractivity contribution in [1.82, 2.24) is 0 Å². The number of hydrogen-bond acceptors (Lipinski definition) is 3. The van der Waals surface area contributed by atoms with Gasteiger partial charge in [-0.2, -0.15) is 0 Å². The van der Waals surface area contributed by atoms with Gasteiger partial charge in [-0.15, -0.1) is 0 Å². The maximum Gasteiger partial charge on any atom is 0.0483 e. The Morgan fingerprint density at radius 1 is 0.889 bits per heavy atom. The van der Waals surface area contributed by atoms with Crippen molar-refractivity contribution in [2.24, 2.45) is 0 Å². The fraction of sp³-hybridized carbons (Fsp3) is 1.00. The SMILES string of the molecule is CC(C)O.CO.CO.[Zr]. The average Bonchev–Trinajstić information content (AvgIpc) is 1.75. The van der Waals surface area contributed by atoms with Crippen LogP contribution in [0.2, 0.25) is 0 Å². The predicted molar refractivity (Wildman–Crippen MR) is 33.6 cm³/mol. The summed E-state index contributed by atoms with van der Waals surface area (Å²) in [6.45, 7) is 3.44. The molecular weight excluding hydrogens is 199 g/mol. The van der Waals surface area contributed by atoms with Crippen LogP contribution < -0.4 is 0 Å². The van der Waals surface area contributed by atoms with Crippen LogP contribution in [0, 0.1) is 0 Å². The molecule has 58 valence electrons. The predicted octanol–water partition coefficient (Wildman–Crippen LogP) is -0.398. The topological polar surface area (TPSA) is 60.7 Å². The summed E-state index contributed by atoms with van der Waals surface area (Å²) in [7, 11) is 2.00. The molecule has 4 heteroatoms. The van der Waals surface area contributed by atoms with Crippen LogP contribution in [0.25, 0.3) is 0 Å². The molecule has 0 fully saturated rings. The molecule has 0 saturated heterocycles. The second-order valence-corrected chi connectivity index (χ2v) is 1.09. The fourth-order valence-corrected chi connectivity index (χ4v) is 0. The third-order valence-corrected chi connectivity index (χ3v) is 0. The van der Waals surface area contributed by atoms with E-state index in [1.54, 1.807) is 13.8 Å². The van der Waals surface area contributed by atoms with E-state index < -0.39 is 0 Å². The van der Waals surface area contributed by atoms with E-state index in [0.29, 0.717) is 0 Å². The molecular formula is C5H16O3Zr. The van der Waals surface area contributed by atoms with Crippen LogP contribution in [0.1, 0.15) is 13.8 Å². The zero-order valence-electron chi connectivity index (χ0n) is 6.42. The van der Waals surface area contributed by atoms with Gasteiger partial charge in [0, 0.05) is 46.5 Å². The van der Waals surface area contributed by atoms with Crippen LogP contribution in [0.5, 0.6) is 0 Å². The van der Waals surface area contributed by atoms with Gasteiger partial charge in [-0.3, -0.25) is 0 Å². The van der Waals surface area contributed by atoms with Crippen LogP contribution in [0.3, 0.4) is 0 Å². The van der Waals surface area contributed by atoms with Gasteiger partial charge >= 0.3 is 0 Å². The molecule has 3 N–H and O–H groups in total. The molecule has 0 aliphatic rings. The van der Waals surface area contributed by atoms with Gasteiger partial charge in [-0.05, 0) is 13.8 Å². The van der Waals surface area contributed by atoms with Crippen LogP contribution in [-0.4, -0.2) is 35.6 Å². The van der Waals surface area contributed by atoms with Gasteiger partial charge in [0.2, 0.25) is 0 Å². The Morgan fingerprint density at radius 3 is 0.889 bits per heavy atom. The van der Waals surface area contributed by atoms with Gasteiger partial charge in [-0.1, -0.05) is 0 Å². The molecule has 9 heavy (non-hydrogen) atoms. The first-order valence-corrected chi connectivity index (χ1v) is 2.31. The smallest absolute Gasteiger partial charge is 0.0483 e. The summed E-state index contributed by atoms with van der Waals surface area (Å²) < 4.78 is 0. The second-order valence-electron chi connectivity index (χ2n) is 1.09. The number of rotatable bonds is 0. The molecule has 0 aliphatic heterocycles. The third kappa shape index (κ3) is 688. The normalized spacial score (nSPS) is 5.33. The summed E-state index contributed by atoms with van der Waals surface area (Å²) in [4.78, 5) is 0. The van der Waals surface area contributed by atoms with Crippen molar-refractivity contribution >= 4 is 0 Å². The molecule has 0 heterocycles. The van der Waals surface area contributed by atoms with Crippen molar-refractivity contribution in [2.45, 2.75) is 20.0 Å². The molecule has 0 amide bonds. The molecule has 0 spiro atoms. The number of aliphatic hydroxyl groups is 3. The van der Waals surface area contributed by atoms with Crippen molar-refractivity contribution in [2.75, 3.05) is 14.2 Å².